The number of fused-ring (bicyclic) bond motifs is 3. The van der Waals surface area contributed by atoms with Crippen LogP contribution in [0.25, 0.3) is 11.8 Å². The van der Waals surface area contributed by atoms with Crippen LogP contribution in [0.3, 0.4) is 0 Å². The van der Waals surface area contributed by atoms with Crippen molar-refractivity contribution >= 4 is 39.0 Å². The van der Waals surface area contributed by atoms with E-state index in [0.717, 1.165) is 51.0 Å². The lowest BCUT2D eigenvalue weighted by molar-refractivity contribution is 0.412. The number of hydrogen-bond donors (Lipinski definition) is 0. The summed E-state index contributed by atoms with van der Waals surface area (Å²) >= 11 is 4.90. The van der Waals surface area contributed by atoms with E-state index in [2.05, 4.69) is 28.1 Å². The van der Waals surface area contributed by atoms with Crippen molar-refractivity contribution in [2.45, 2.75) is 18.9 Å². The molecule has 0 N–H and O–H groups in total. The fourth-order valence-corrected chi connectivity index (χ4v) is 6.45. The first-order chi connectivity index (χ1) is 17.0. The van der Waals surface area contributed by atoms with Gasteiger partial charge >= 0.3 is 0 Å². The molecule has 1 atom stereocenters. The van der Waals surface area contributed by atoms with E-state index in [1.165, 1.54) is 29.0 Å². The number of nitrogens with zero attached hydrogens (tertiary/aromatic N) is 2. The molecule has 0 radical (unpaired) electrons. The molecule has 1 aliphatic carbocycles. The molecule has 6 rings (SSSR count). The van der Waals surface area contributed by atoms with Crippen LogP contribution in [0.2, 0.25) is 0 Å². The summed E-state index contributed by atoms with van der Waals surface area (Å²) in [5, 5.41) is 0. The summed E-state index contributed by atoms with van der Waals surface area (Å²) in [5.74, 6) is 0.431. The van der Waals surface area contributed by atoms with Crippen LogP contribution >= 0.6 is 27.3 Å². The van der Waals surface area contributed by atoms with Gasteiger partial charge in [-0.3, -0.25) is 9.36 Å². The van der Waals surface area contributed by atoms with Gasteiger partial charge in [0, 0.05) is 5.56 Å². The Bertz CT molecular complexity index is 1690. The van der Waals surface area contributed by atoms with Crippen LogP contribution in [0.4, 0.5) is 4.39 Å². The average molecular weight is 547 g/mol. The lowest BCUT2D eigenvalue weighted by Crippen LogP contribution is -2.38. The molecule has 0 saturated carbocycles. The van der Waals surface area contributed by atoms with Crippen LogP contribution in [0, 0.1) is 5.82 Å². The minimum Gasteiger partial charge on any atom is -0.496 e. The molecule has 0 fully saturated rings. The molecule has 174 valence electrons. The Balaban J connectivity index is 1.59. The Morgan fingerprint density at radius 3 is 2.69 bits per heavy atom. The van der Waals surface area contributed by atoms with E-state index >= 15 is 0 Å². The number of benzene rings is 3. The van der Waals surface area contributed by atoms with Gasteiger partial charge in [0.1, 0.15) is 11.6 Å². The monoisotopic (exact) mass is 546 g/mol. The number of methoxy groups -OCH3 is 1. The second-order valence-corrected chi connectivity index (χ2v) is 10.4. The number of rotatable bonds is 3. The lowest BCUT2D eigenvalue weighted by Gasteiger charge is -2.30. The standard InChI is InChI=1S/C28H20BrFN2O2S/c1-34-23-13-6-16(14-22(23)29)15-24-27(33)32-26(18-7-10-19(30)11-8-18)21-12-9-17-4-2-3-5-20(17)25(21)31-28(32)35-24/h2-8,10-11,13-15,26H,9,12H2,1H3/b24-15+/t26-/m0/s1. The van der Waals surface area contributed by atoms with Crippen molar-refractivity contribution in [3.63, 3.8) is 0 Å². The van der Waals surface area contributed by atoms with Gasteiger partial charge in [-0.1, -0.05) is 53.8 Å². The zero-order chi connectivity index (χ0) is 24.1. The van der Waals surface area contributed by atoms with E-state index in [1.54, 1.807) is 23.8 Å². The Morgan fingerprint density at radius 1 is 1.11 bits per heavy atom. The highest BCUT2D eigenvalue weighted by Crippen LogP contribution is 2.41. The maximum atomic E-state index is 13.8. The molecule has 7 heteroatoms. The number of aryl methyl sites for hydroxylation is 1. The third-order valence-corrected chi connectivity index (χ3v) is 8.13. The number of hydrogen-bond acceptors (Lipinski definition) is 4. The highest BCUT2D eigenvalue weighted by molar-refractivity contribution is 9.10. The number of allylic oxidation sites excluding steroid dienone is 1. The van der Waals surface area contributed by atoms with Crippen LogP contribution in [0.5, 0.6) is 5.75 Å². The normalized spacial score (nSPS) is 16.9. The maximum Gasteiger partial charge on any atom is 0.271 e. The molecular weight excluding hydrogens is 527 g/mol. The van der Waals surface area contributed by atoms with Gasteiger partial charge in [0.05, 0.1) is 27.9 Å². The topological polar surface area (TPSA) is 43.6 Å². The van der Waals surface area contributed by atoms with Gasteiger partial charge in [-0.05, 0) is 81.4 Å². The van der Waals surface area contributed by atoms with Crippen LogP contribution < -0.4 is 19.6 Å². The van der Waals surface area contributed by atoms with Crippen molar-refractivity contribution in [2.75, 3.05) is 7.11 Å². The first kappa shape index (κ1) is 22.2. The lowest BCUT2D eigenvalue weighted by atomic mass is 9.83. The van der Waals surface area contributed by atoms with Crippen LogP contribution in [-0.4, -0.2) is 11.7 Å². The quantitative estimate of drug-likeness (QED) is 0.353. The fraction of sp³-hybridized carbons (Fsp3) is 0.143. The van der Waals surface area contributed by atoms with Crippen molar-refractivity contribution in [1.29, 1.82) is 0 Å². The summed E-state index contributed by atoms with van der Waals surface area (Å²) in [7, 11) is 1.62. The van der Waals surface area contributed by atoms with Crippen LogP contribution in [0.15, 0.2) is 86.6 Å². The number of halogens is 2. The predicted octanol–water partition coefficient (Wildman–Crippen LogP) is 5.23. The molecule has 0 amide bonds. The van der Waals surface area contributed by atoms with Crippen molar-refractivity contribution in [1.82, 2.24) is 4.57 Å². The van der Waals surface area contributed by atoms with Gasteiger partial charge in [0.2, 0.25) is 0 Å². The molecule has 35 heavy (non-hydrogen) atoms. The summed E-state index contributed by atoms with van der Waals surface area (Å²) in [4.78, 5) is 19.4. The largest absolute Gasteiger partial charge is 0.496 e. The summed E-state index contributed by atoms with van der Waals surface area (Å²) in [6.07, 6.45) is 3.56. The van der Waals surface area contributed by atoms with Crippen LogP contribution in [0.1, 0.15) is 34.7 Å². The first-order valence-electron chi connectivity index (χ1n) is 11.3. The molecule has 0 spiro atoms. The minimum atomic E-state index is -0.319. The van der Waals surface area contributed by atoms with E-state index in [1.807, 2.05) is 36.4 Å². The molecule has 1 aliphatic heterocycles. The Hall–Kier alpha value is -3.29. The summed E-state index contributed by atoms with van der Waals surface area (Å²) in [6, 6.07) is 20.1. The molecule has 2 heterocycles. The van der Waals surface area contributed by atoms with Crippen molar-refractivity contribution in [2.24, 2.45) is 4.99 Å². The van der Waals surface area contributed by atoms with Gasteiger partial charge in [-0.15, -0.1) is 0 Å². The third-order valence-electron chi connectivity index (χ3n) is 6.53. The molecule has 3 aromatic carbocycles. The van der Waals surface area contributed by atoms with E-state index in [-0.39, 0.29) is 17.4 Å². The van der Waals surface area contributed by atoms with Gasteiger partial charge < -0.3 is 4.74 Å². The van der Waals surface area contributed by atoms with Gasteiger partial charge in [0.25, 0.3) is 5.56 Å². The Kier molecular flexibility index (Phi) is 5.54. The predicted molar refractivity (Wildman–Crippen MR) is 140 cm³/mol. The average Bonchev–Trinajstić information content (AvgIpc) is 3.18. The SMILES string of the molecule is COc1ccc(/C=c2/sc3n(c2=O)[C@@H](c2ccc(F)cc2)C2=C(N=3)c3ccccc3CC2)cc1Br. The first-order valence-corrected chi connectivity index (χ1v) is 12.9. The molecule has 0 saturated heterocycles. The third kappa shape index (κ3) is 3.79. The summed E-state index contributed by atoms with van der Waals surface area (Å²) < 4.78 is 22.3. The zero-order valence-corrected chi connectivity index (χ0v) is 21.2. The van der Waals surface area contributed by atoms with E-state index in [4.69, 9.17) is 9.73 Å². The van der Waals surface area contributed by atoms with E-state index in [9.17, 15) is 9.18 Å². The molecule has 0 bridgehead atoms. The zero-order valence-electron chi connectivity index (χ0n) is 18.8. The molecule has 0 unspecified atom stereocenters. The van der Waals surface area contributed by atoms with Gasteiger partial charge in [-0.25, -0.2) is 9.38 Å². The van der Waals surface area contributed by atoms with Crippen molar-refractivity contribution < 1.29 is 9.13 Å². The summed E-state index contributed by atoms with van der Waals surface area (Å²) in [6.45, 7) is 0. The Morgan fingerprint density at radius 2 is 1.91 bits per heavy atom. The number of aromatic nitrogens is 1. The highest BCUT2D eigenvalue weighted by Gasteiger charge is 2.32. The second-order valence-electron chi connectivity index (χ2n) is 8.56. The second kappa shape index (κ2) is 8.73. The maximum absolute atomic E-state index is 13.8. The van der Waals surface area contributed by atoms with Gasteiger partial charge in [-0.2, -0.15) is 0 Å². The molecule has 4 nitrogen and oxygen atoms in total. The molecule has 2 aliphatic rings. The summed E-state index contributed by atoms with van der Waals surface area (Å²) in [5.41, 5.74) is 6.07. The number of thiazole rings is 1. The van der Waals surface area contributed by atoms with Gasteiger partial charge in [0.15, 0.2) is 4.80 Å². The van der Waals surface area contributed by atoms with Crippen LogP contribution in [-0.2, 0) is 6.42 Å². The minimum absolute atomic E-state index is 0.0968. The molecular formula is C28H20BrFN2O2S. The van der Waals surface area contributed by atoms with E-state index < -0.39 is 0 Å². The molecule has 1 aromatic heterocycles. The smallest absolute Gasteiger partial charge is 0.271 e. The Labute approximate surface area is 213 Å². The fourth-order valence-electron chi connectivity index (χ4n) is 4.89. The number of ether oxygens (including phenoxy) is 1. The molecule has 4 aromatic rings. The van der Waals surface area contributed by atoms with E-state index in [0.29, 0.717) is 9.33 Å². The highest BCUT2D eigenvalue weighted by atomic mass is 79.9. The van der Waals surface area contributed by atoms with Crippen molar-refractivity contribution in [3.05, 3.63) is 125 Å². The van der Waals surface area contributed by atoms with Crippen molar-refractivity contribution in [3.8, 4) is 5.75 Å².